The fourth-order valence-corrected chi connectivity index (χ4v) is 5.07. The maximum atomic E-state index is 13.4. The van der Waals surface area contributed by atoms with Gasteiger partial charge in [0.05, 0.1) is 17.4 Å². The van der Waals surface area contributed by atoms with Gasteiger partial charge in [-0.25, -0.2) is 9.67 Å². The topological polar surface area (TPSA) is 68.8 Å². The molecule has 3 aromatic rings. The number of piperidine rings is 1. The Hall–Kier alpha value is -2.67. The summed E-state index contributed by atoms with van der Waals surface area (Å²) in [5.41, 5.74) is 4.40. The summed E-state index contributed by atoms with van der Waals surface area (Å²) in [5.74, 6) is 0.180. The van der Waals surface area contributed by atoms with E-state index in [1.165, 1.54) is 5.56 Å². The molecule has 2 aromatic heterocycles. The van der Waals surface area contributed by atoms with Crippen molar-refractivity contribution in [1.82, 2.24) is 29.4 Å². The Morgan fingerprint density at radius 1 is 1.23 bits per heavy atom. The molecule has 4 heterocycles. The Bertz CT molecular complexity index is 1120. The summed E-state index contributed by atoms with van der Waals surface area (Å²) in [7, 11) is 1.97. The number of carbonyl (C=O) groups is 1. The van der Waals surface area contributed by atoms with E-state index < -0.39 is 0 Å². The van der Waals surface area contributed by atoms with E-state index in [1.54, 1.807) is 11.0 Å². The normalized spacial score (nSPS) is 20.5. The van der Waals surface area contributed by atoms with Crippen LogP contribution >= 0.6 is 11.6 Å². The minimum atomic E-state index is -0.0929. The number of hydrogen-bond donors (Lipinski definition) is 0. The summed E-state index contributed by atoms with van der Waals surface area (Å²) in [6.45, 7) is 4.05. The van der Waals surface area contributed by atoms with Gasteiger partial charge in [-0.3, -0.25) is 9.48 Å². The summed E-state index contributed by atoms with van der Waals surface area (Å²) >= 11 is 6.25. The van der Waals surface area contributed by atoms with Crippen molar-refractivity contribution in [3.8, 4) is 11.3 Å². The molecule has 2 aliphatic rings. The SMILES string of the molecule is CC(C)n1cnc(C(=O)N2[C@H]3CCC[C@@H]2c2nn(C)c(-c4cccc(Cl)c4)c2C3)n1. The van der Waals surface area contributed by atoms with Crippen molar-refractivity contribution in [2.24, 2.45) is 7.05 Å². The molecule has 8 heteroatoms. The van der Waals surface area contributed by atoms with E-state index >= 15 is 0 Å². The van der Waals surface area contributed by atoms with Gasteiger partial charge < -0.3 is 4.90 Å². The van der Waals surface area contributed by atoms with Crippen LogP contribution in [-0.4, -0.2) is 41.4 Å². The smallest absolute Gasteiger partial charge is 0.294 e. The molecule has 0 aliphatic carbocycles. The number of aryl methyl sites for hydroxylation is 1. The standard InChI is InChI=1S/C22H25ClN6O/c1-13(2)28-12-24-21(26-28)22(30)29-16-8-5-9-18(29)19-17(11-16)20(27(3)25-19)14-6-4-7-15(23)10-14/h4,6-7,10,12-13,16,18H,5,8-9,11H2,1-3H3/t16-,18+/m0/s1. The summed E-state index contributed by atoms with van der Waals surface area (Å²) in [6.07, 6.45) is 5.41. The van der Waals surface area contributed by atoms with E-state index in [2.05, 4.69) is 16.1 Å². The van der Waals surface area contributed by atoms with Gasteiger partial charge in [-0.05, 0) is 51.7 Å². The number of benzene rings is 1. The predicted octanol–water partition coefficient (Wildman–Crippen LogP) is 4.21. The van der Waals surface area contributed by atoms with Crippen LogP contribution in [0.5, 0.6) is 0 Å². The second-order valence-corrected chi connectivity index (χ2v) is 8.94. The fraction of sp³-hybridized carbons (Fsp3) is 0.455. The van der Waals surface area contributed by atoms with Crippen LogP contribution in [0.15, 0.2) is 30.6 Å². The Labute approximate surface area is 180 Å². The van der Waals surface area contributed by atoms with Crippen molar-refractivity contribution in [1.29, 1.82) is 0 Å². The zero-order valence-electron chi connectivity index (χ0n) is 17.4. The second kappa shape index (κ2) is 7.23. The maximum Gasteiger partial charge on any atom is 0.294 e. The highest BCUT2D eigenvalue weighted by Gasteiger charge is 2.44. The number of amides is 1. The van der Waals surface area contributed by atoms with Crippen molar-refractivity contribution >= 4 is 17.5 Å². The Morgan fingerprint density at radius 3 is 2.80 bits per heavy atom. The monoisotopic (exact) mass is 424 g/mol. The number of fused-ring (bicyclic) bond motifs is 4. The van der Waals surface area contributed by atoms with E-state index in [0.717, 1.165) is 42.6 Å². The zero-order chi connectivity index (χ0) is 21.0. The molecule has 1 fully saturated rings. The molecule has 0 unspecified atom stereocenters. The van der Waals surface area contributed by atoms with Crippen LogP contribution in [-0.2, 0) is 13.5 Å². The first-order chi connectivity index (χ1) is 14.4. The van der Waals surface area contributed by atoms with E-state index in [9.17, 15) is 4.79 Å². The third-order valence-electron chi connectivity index (χ3n) is 6.24. The minimum Gasteiger partial charge on any atom is -0.324 e. The molecule has 1 saturated heterocycles. The number of carbonyl (C=O) groups excluding carboxylic acids is 1. The lowest BCUT2D eigenvalue weighted by atomic mass is 9.81. The molecule has 156 valence electrons. The van der Waals surface area contributed by atoms with Gasteiger partial charge >= 0.3 is 0 Å². The van der Waals surface area contributed by atoms with Crippen LogP contribution in [0.4, 0.5) is 0 Å². The van der Waals surface area contributed by atoms with Gasteiger partial charge in [0.1, 0.15) is 6.33 Å². The number of rotatable bonds is 3. The summed E-state index contributed by atoms with van der Waals surface area (Å²) in [6, 6.07) is 8.16. The van der Waals surface area contributed by atoms with Crippen LogP contribution in [0, 0.1) is 0 Å². The number of nitrogens with zero attached hydrogens (tertiary/aromatic N) is 6. The van der Waals surface area contributed by atoms with Crippen molar-refractivity contribution in [3.05, 3.63) is 52.7 Å². The molecule has 0 spiro atoms. The third kappa shape index (κ3) is 3.03. The van der Waals surface area contributed by atoms with E-state index in [4.69, 9.17) is 16.7 Å². The van der Waals surface area contributed by atoms with Gasteiger partial charge in [0.15, 0.2) is 0 Å². The molecule has 2 aliphatic heterocycles. The average molecular weight is 425 g/mol. The first-order valence-electron chi connectivity index (χ1n) is 10.5. The van der Waals surface area contributed by atoms with Gasteiger partial charge in [-0.1, -0.05) is 23.7 Å². The van der Waals surface area contributed by atoms with Crippen molar-refractivity contribution in [2.45, 2.75) is 57.7 Å². The molecule has 1 aromatic carbocycles. The zero-order valence-corrected chi connectivity index (χ0v) is 18.2. The first-order valence-corrected chi connectivity index (χ1v) is 10.9. The molecule has 2 atom stereocenters. The van der Waals surface area contributed by atoms with Crippen LogP contribution in [0.2, 0.25) is 5.02 Å². The van der Waals surface area contributed by atoms with Gasteiger partial charge in [0, 0.05) is 35.3 Å². The Kier molecular flexibility index (Phi) is 4.65. The fourth-order valence-electron chi connectivity index (χ4n) is 4.88. The average Bonchev–Trinajstić information content (AvgIpc) is 3.32. The summed E-state index contributed by atoms with van der Waals surface area (Å²) in [5, 5.41) is 10.0. The maximum absolute atomic E-state index is 13.4. The van der Waals surface area contributed by atoms with E-state index in [1.807, 2.05) is 48.7 Å². The summed E-state index contributed by atoms with van der Waals surface area (Å²) in [4.78, 5) is 19.7. The first kappa shape index (κ1) is 19.3. The third-order valence-corrected chi connectivity index (χ3v) is 6.47. The van der Waals surface area contributed by atoms with E-state index in [-0.39, 0.29) is 29.9 Å². The van der Waals surface area contributed by atoms with Gasteiger partial charge in [0.25, 0.3) is 5.91 Å². The second-order valence-electron chi connectivity index (χ2n) is 8.51. The van der Waals surface area contributed by atoms with Crippen molar-refractivity contribution < 1.29 is 4.79 Å². The van der Waals surface area contributed by atoms with Crippen molar-refractivity contribution in [3.63, 3.8) is 0 Å². The van der Waals surface area contributed by atoms with Crippen LogP contribution in [0.1, 0.15) is 67.1 Å². The van der Waals surface area contributed by atoms with Crippen LogP contribution in [0.3, 0.4) is 0 Å². The van der Waals surface area contributed by atoms with Crippen LogP contribution < -0.4 is 0 Å². The van der Waals surface area contributed by atoms with E-state index in [0.29, 0.717) is 5.02 Å². The predicted molar refractivity (Wildman–Crippen MR) is 114 cm³/mol. The summed E-state index contributed by atoms with van der Waals surface area (Å²) < 4.78 is 3.67. The highest BCUT2D eigenvalue weighted by molar-refractivity contribution is 6.30. The molecule has 1 amide bonds. The highest BCUT2D eigenvalue weighted by atomic mass is 35.5. The lowest BCUT2D eigenvalue weighted by molar-refractivity contribution is 0.0379. The van der Waals surface area contributed by atoms with Crippen molar-refractivity contribution in [2.75, 3.05) is 0 Å². The molecule has 0 radical (unpaired) electrons. The molecule has 0 N–H and O–H groups in total. The molecule has 0 saturated carbocycles. The largest absolute Gasteiger partial charge is 0.324 e. The molecular formula is C22H25ClN6O. The Morgan fingerprint density at radius 2 is 2.07 bits per heavy atom. The Balaban J connectivity index is 1.55. The molecule has 2 bridgehead atoms. The van der Waals surface area contributed by atoms with Gasteiger partial charge in [-0.2, -0.15) is 5.10 Å². The molecule has 7 nitrogen and oxygen atoms in total. The highest BCUT2D eigenvalue weighted by Crippen LogP contribution is 2.45. The van der Waals surface area contributed by atoms with Gasteiger partial charge in [-0.15, -0.1) is 5.10 Å². The minimum absolute atomic E-state index is 0.0369. The molecular weight excluding hydrogens is 400 g/mol. The molecule has 5 rings (SSSR count). The number of aromatic nitrogens is 5. The number of hydrogen-bond acceptors (Lipinski definition) is 4. The lowest BCUT2D eigenvalue weighted by Crippen LogP contribution is -2.50. The molecule has 30 heavy (non-hydrogen) atoms. The number of halogens is 1. The quantitative estimate of drug-likeness (QED) is 0.631. The van der Waals surface area contributed by atoms with Crippen LogP contribution in [0.25, 0.3) is 11.3 Å². The lowest BCUT2D eigenvalue weighted by Gasteiger charge is -2.44. The van der Waals surface area contributed by atoms with Gasteiger partial charge in [0.2, 0.25) is 5.82 Å².